The fourth-order valence-corrected chi connectivity index (χ4v) is 5.47. The average Bonchev–Trinajstić information content (AvgIpc) is 3.03. The number of hydrogen-bond donors (Lipinski definition) is 1. The first-order valence-corrected chi connectivity index (χ1v) is 11.3. The minimum Gasteiger partial charge on any atom is -0.384 e. The number of hydrogen-bond acceptors (Lipinski definition) is 5. The summed E-state index contributed by atoms with van der Waals surface area (Å²) in [5.41, 5.74) is 11.3. The van der Waals surface area contributed by atoms with Crippen LogP contribution in [0.3, 0.4) is 0 Å². The van der Waals surface area contributed by atoms with E-state index in [1.807, 2.05) is 56.3 Å². The topological polar surface area (TPSA) is 90.9 Å². The summed E-state index contributed by atoms with van der Waals surface area (Å²) in [7, 11) is -3.92. The van der Waals surface area contributed by atoms with Gasteiger partial charge in [0.1, 0.15) is 16.2 Å². The van der Waals surface area contributed by atoms with Gasteiger partial charge in [-0.3, -0.25) is 4.57 Å². The Morgan fingerprint density at radius 2 is 1.39 bits per heavy atom. The van der Waals surface area contributed by atoms with E-state index in [1.54, 1.807) is 34.9 Å². The number of nitrogens with two attached hydrogens (primary N) is 1. The molecule has 0 aliphatic carbocycles. The number of sulfone groups is 1. The molecule has 0 unspecified atom stereocenters. The van der Waals surface area contributed by atoms with Crippen LogP contribution >= 0.6 is 0 Å². The molecule has 0 atom stereocenters. The summed E-state index contributed by atoms with van der Waals surface area (Å²) < 4.78 is 28.9. The van der Waals surface area contributed by atoms with E-state index < -0.39 is 9.84 Å². The molecule has 154 valence electrons. The summed E-state index contributed by atoms with van der Waals surface area (Å²) in [6.07, 6.45) is 0. The number of rotatable bonds is 3. The molecule has 2 N–H and O–H groups in total. The predicted molar refractivity (Wildman–Crippen MR) is 122 cm³/mol. The van der Waals surface area contributed by atoms with E-state index in [0.717, 1.165) is 16.8 Å². The Morgan fingerprint density at radius 3 is 2.03 bits per heavy atom. The minimum atomic E-state index is -3.92. The van der Waals surface area contributed by atoms with Gasteiger partial charge in [-0.15, -0.1) is 0 Å². The SMILES string of the molecule is Cc1cc(C)cc(-n2c(N)c(S(=O)(=O)c3ccccc3)c3nc4ccccc4nc32)c1. The van der Waals surface area contributed by atoms with Gasteiger partial charge in [0.25, 0.3) is 0 Å². The molecule has 7 heteroatoms. The van der Waals surface area contributed by atoms with Gasteiger partial charge in [-0.25, -0.2) is 18.4 Å². The van der Waals surface area contributed by atoms with Gasteiger partial charge in [0.2, 0.25) is 9.84 Å². The summed E-state index contributed by atoms with van der Waals surface area (Å²) in [5.74, 6) is 0.0964. The van der Waals surface area contributed by atoms with Crippen LogP contribution in [0.15, 0.2) is 82.6 Å². The molecule has 31 heavy (non-hydrogen) atoms. The lowest BCUT2D eigenvalue weighted by Crippen LogP contribution is -2.07. The molecule has 0 amide bonds. The zero-order valence-electron chi connectivity index (χ0n) is 17.1. The zero-order chi connectivity index (χ0) is 21.8. The van der Waals surface area contributed by atoms with Gasteiger partial charge >= 0.3 is 0 Å². The second kappa shape index (κ2) is 6.92. The number of fused-ring (bicyclic) bond motifs is 2. The van der Waals surface area contributed by atoms with Gasteiger partial charge in [-0.2, -0.15) is 0 Å². The molecule has 3 aromatic carbocycles. The van der Waals surface area contributed by atoms with E-state index in [9.17, 15) is 8.42 Å². The van der Waals surface area contributed by atoms with Crippen molar-refractivity contribution in [2.75, 3.05) is 5.73 Å². The number of benzene rings is 3. The van der Waals surface area contributed by atoms with Crippen molar-refractivity contribution in [1.29, 1.82) is 0 Å². The molecule has 5 aromatic rings. The highest BCUT2D eigenvalue weighted by Gasteiger charge is 2.30. The third-order valence-electron chi connectivity index (χ3n) is 5.24. The van der Waals surface area contributed by atoms with E-state index in [2.05, 4.69) is 4.98 Å². The lowest BCUT2D eigenvalue weighted by atomic mass is 10.1. The van der Waals surface area contributed by atoms with E-state index >= 15 is 0 Å². The highest BCUT2D eigenvalue weighted by Crippen LogP contribution is 2.37. The Bertz CT molecular complexity index is 1550. The highest BCUT2D eigenvalue weighted by atomic mass is 32.2. The monoisotopic (exact) mass is 428 g/mol. The maximum atomic E-state index is 13.6. The van der Waals surface area contributed by atoms with Crippen molar-refractivity contribution in [3.05, 3.63) is 83.9 Å². The summed E-state index contributed by atoms with van der Waals surface area (Å²) >= 11 is 0. The zero-order valence-corrected chi connectivity index (χ0v) is 17.9. The molecule has 0 bridgehead atoms. The molecule has 2 aromatic heterocycles. The molecule has 0 spiro atoms. The summed E-state index contributed by atoms with van der Waals surface area (Å²) in [6, 6.07) is 21.6. The Balaban J connectivity index is 1.94. The number of aryl methyl sites for hydroxylation is 2. The van der Waals surface area contributed by atoms with Crippen molar-refractivity contribution in [2.24, 2.45) is 0 Å². The summed E-state index contributed by atoms with van der Waals surface area (Å²) in [5, 5.41) is 0. The molecule has 2 heterocycles. The fraction of sp³-hybridized carbons (Fsp3) is 0.0833. The third kappa shape index (κ3) is 3.05. The van der Waals surface area contributed by atoms with Crippen molar-refractivity contribution in [3.8, 4) is 5.69 Å². The van der Waals surface area contributed by atoms with Crippen LogP contribution in [-0.2, 0) is 9.84 Å². The van der Waals surface area contributed by atoms with Gasteiger partial charge in [0.05, 0.1) is 15.9 Å². The maximum Gasteiger partial charge on any atom is 0.212 e. The predicted octanol–water partition coefficient (Wildman–Crippen LogP) is 4.61. The van der Waals surface area contributed by atoms with Crippen LogP contribution < -0.4 is 5.73 Å². The van der Waals surface area contributed by atoms with Gasteiger partial charge in [-0.05, 0) is 61.4 Å². The van der Waals surface area contributed by atoms with Crippen molar-refractivity contribution >= 4 is 37.9 Å². The highest BCUT2D eigenvalue weighted by molar-refractivity contribution is 7.92. The minimum absolute atomic E-state index is 0.0221. The number of aromatic nitrogens is 3. The molecular weight excluding hydrogens is 408 g/mol. The molecular formula is C24H20N4O2S. The Labute approximate surface area is 179 Å². The van der Waals surface area contributed by atoms with Gasteiger partial charge in [0.15, 0.2) is 5.65 Å². The van der Waals surface area contributed by atoms with E-state index in [-0.39, 0.29) is 21.1 Å². The quantitative estimate of drug-likeness (QED) is 0.453. The smallest absolute Gasteiger partial charge is 0.212 e. The van der Waals surface area contributed by atoms with Gasteiger partial charge in [0, 0.05) is 5.69 Å². The van der Waals surface area contributed by atoms with Crippen LogP contribution in [0.2, 0.25) is 0 Å². The van der Waals surface area contributed by atoms with E-state index in [1.165, 1.54) is 0 Å². The molecule has 6 nitrogen and oxygen atoms in total. The molecule has 0 saturated carbocycles. The van der Waals surface area contributed by atoms with Crippen LogP contribution in [0.25, 0.3) is 27.9 Å². The molecule has 0 aliphatic rings. The van der Waals surface area contributed by atoms with Gasteiger partial charge in [-0.1, -0.05) is 36.4 Å². The van der Waals surface area contributed by atoms with Crippen LogP contribution in [0.5, 0.6) is 0 Å². The van der Waals surface area contributed by atoms with E-state index in [4.69, 9.17) is 10.7 Å². The number of nitrogens with zero attached hydrogens (tertiary/aromatic N) is 3. The van der Waals surface area contributed by atoms with Crippen LogP contribution in [0, 0.1) is 13.8 Å². The van der Waals surface area contributed by atoms with Crippen molar-refractivity contribution in [1.82, 2.24) is 14.5 Å². The van der Waals surface area contributed by atoms with Crippen molar-refractivity contribution < 1.29 is 8.42 Å². The summed E-state index contributed by atoms with van der Waals surface area (Å²) in [6.45, 7) is 3.97. The molecule has 0 radical (unpaired) electrons. The lowest BCUT2D eigenvalue weighted by Gasteiger charge is -2.10. The standard InChI is InChI=1S/C24H20N4O2S/c1-15-12-16(2)14-17(13-15)28-23(25)22(31(29,30)18-8-4-3-5-9-18)21-24(28)27-20-11-7-6-10-19(20)26-21/h3-14H,25H2,1-2H3. The van der Waals surface area contributed by atoms with Crippen molar-refractivity contribution in [3.63, 3.8) is 0 Å². The first-order chi connectivity index (χ1) is 14.9. The van der Waals surface area contributed by atoms with Gasteiger partial charge < -0.3 is 5.73 Å². The van der Waals surface area contributed by atoms with Crippen LogP contribution in [0.1, 0.15) is 11.1 Å². The second-order valence-corrected chi connectivity index (χ2v) is 9.48. The Morgan fingerprint density at radius 1 is 0.806 bits per heavy atom. The number of nitrogen functional groups attached to an aromatic ring is 1. The van der Waals surface area contributed by atoms with E-state index in [0.29, 0.717) is 16.7 Å². The maximum absolute atomic E-state index is 13.6. The third-order valence-corrected chi connectivity index (χ3v) is 7.07. The first kappa shape index (κ1) is 19.3. The second-order valence-electron chi connectivity index (χ2n) is 7.60. The fourth-order valence-electron chi connectivity index (χ4n) is 3.96. The number of anilines is 1. The first-order valence-electron chi connectivity index (χ1n) is 9.82. The van der Waals surface area contributed by atoms with Crippen LogP contribution in [0.4, 0.5) is 5.82 Å². The van der Waals surface area contributed by atoms with Crippen molar-refractivity contribution in [2.45, 2.75) is 23.6 Å². The molecule has 0 aliphatic heterocycles. The molecule has 5 rings (SSSR count). The summed E-state index contributed by atoms with van der Waals surface area (Å²) in [4.78, 5) is 9.58. The Hall–Kier alpha value is -3.71. The van der Waals surface area contributed by atoms with Crippen LogP contribution in [-0.4, -0.2) is 23.0 Å². The molecule has 0 fully saturated rings. The Kier molecular flexibility index (Phi) is 4.30. The average molecular weight is 429 g/mol. The molecule has 0 saturated heterocycles. The largest absolute Gasteiger partial charge is 0.384 e. The lowest BCUT2D eigenvalue weighted by molar-refractivity contribution is 0.597. The normalized spacial score (nSPS) is 11.9. The number of para-hydroxylation sites is 2.